The van der Waals surface area contributed by atoms with Gasteiger partial charge < -0.3 is 19.7 Å². The van der Waals surface area contributed by atoms with Gasteiger partial charge in [-0.25, -0.2) is 4.79 Å². The molecule has 1 aliphatic carbocycles. The lowest BCUT2D eigenvalue weighted by molar-refractivity contribution is 0.0675. The predicted octanol–water partition coefficient (Wildman–Crippen LogP) is 2.02. The van der Waals surface area contributed by atoms with Crippen LogP contribution in [0.5, 0.6) is 11.5 Å². The van der Waals surface area contributed by atoms with E-state index >= 15 is 0 Å². The second kappa shape index (κ2) is 5.61. The third kappa shape index (κ3) is 2.98. The number of carbonyl (C=O) groups excluding carboxylic acids is 1. The van der Waals surface area contributed by atoms with Gasteiger partial charge in [-0.1, -0.05) is 12.1 Å². The van der Waals surface area contributed by atoms with Crippen LogP contribution in [0.25, 0.3) is 0 Å². The van der Waals surface area contributed by atoms with Crippen molar-refractivity contribution in [1.29, 1.82) is 0 Å². The summed E-state index contributed by atoms with van der Waals surface area (Å²) in [7, 11) is 0. The first-order valence-corrected chi connectivity index (χ1v) is 7.20. The zero-order valence-electron chi connectivity index (χ0n) is 11.7. The van der Waals surface area contributed by atoms with Gasteiger partial charge in [0.15, 0.2) is 17.6 Å². The van der Waals surface area contributed by atoms with E-state index < -0.39 is 0 Å². The molecule has 1 fully saturated rings. The number of hydrogen-bond donors (Lipinski definition) is 1. The fourth-order valence-corrected chi connectivity index (χ4v) is 2.25. The summed E-state index contributed by atoms with van der Waals surface area (Å²) in [6.07, 6.45) is 2.08. The van der Waals surface area contributed by atoms with Gasteiger partial charge in [0, 0.05) is 12.6 Å². The highest BCUT2D eigenvalue weighted by atomic mass is 16.6. The normalized spacial score (nSPS) is 20.4. The van der Waals surface area contributed by atoms with Crippen molar-refractivity contribution < 1.29 is 14.3 Å². The summed E-state index contributed by atoms with van der Waals surface area (Å²) in [6.45, 7) is 3.66. The summed E-state index contributed by atoms with van der Waals surface area (Å²) in [5.41, 5.74) is 0. The van der Waals surface area contributed by atoms with Crippen LogP contribution < -0.4 is 14.8 Å². The van der Waals surface area contributed by atoms with Crippen LogP contribution in [0.15, 0.2) is 24.3 Å². The number of benzene rings is 1. The lowest BCUT2D eigenvalue weighted by atomic mass is 10.2. The number of likely N-dealkylation sites (N-methyl/N-ethyl adjacent to an activating group) is 1. The molecule has 108 valence electrons. The molecule has 2 amide bonds. The first-order valence-electron chi connectivity index (χ1n) is 7.20. The number of fused-ring (bicyclic) bond motifs is 1. The monoisotopic (exact) mass is 276 g/mol. The minimum absolute atomic E-state index is 0.00235. The Morgan fingerprint density at radius 3 is 2.80 bits per heavy atom. The van der Waals surface area contributed by atoms with Crippen LogP contribution in [0.2, 0.25) is 0 Å². The first-order chi connectivity index (χ1) is 9.76. The smallest absolute Gasteiger partial charge is 0.317 e. The van der Waals surface area contributed by atoms with Crippen molar-refractivity contribution in [3.8, 4) is 11.5 Å². The topological polar surface area (TPSA) is 50.8 Å². The van der Waals surface area contributed by atoms with Crippen molar-refractivity contribution in [2.45, 2.75) is 31.9 Å². The molecule has 5 heteroatoms. The molecule has 0 aromatic heterocycles. The molecule has 1 unspecified atom stereocenters. The molecule has 1 saturated carbocycles. The number of ether oxygens (including phenoxy) is 2. The van der Waals surface area contributed by atoms with Gasteiger partial charge >= 0.3 is 6.03 Å². The van der Waals surface area contributed by atoms with Crippen LogP contribution in [-0.2, 0) is 0 Å². The molecule has 5 nitrogen and oxygen atoms in total. The summed E-state index contributed by atoms with van der Waals surface area (Å²) in [6, 6.07) is 8.00. The highest BCUT2D eigenvalue weighted by Gasteiger charge is 2.28. The number of nitrogens with one attached hydrogen (secondary N) is 1. The fourth-order valence-electron chi connectivity index (χ4n) is 2.25. The number of nitrogens with zero attached hydrogens (tertiary/aromatic N) is 1. The van der Waals surface area contributed by atoms with E-state index in [1.165, 1.54) is 0 Å². The molecule has 2 aliphatic rings. The van der Waals surface area contributed by atoms with Crippen LogP contribution in [0.4, 0.5) is 4.79 Å². The quantitative estimate of drug-likeness (QED) is 0.915. The van der Waals surface area contributed by atoms with Crippen molar-refractivity contribution >= 4 is 6.03 Å². The molecule has 3 rings (SSSR count). The number of para-hydroxylation sites is 2. The Hall–Kier alpha value is -1.91. The van der Waals surface area contributed by atoms with Gasteiger partial charge in [-0.2, -0.15) is 0 Å². The molecule has 1 aromatic carbocycles. The lowest BCUT2D eigenvalue weighted by Gasteiger charge is -2.30. The highest BCUT2D eigenvalue weighted by molar-refractivity contribution is 5.74. The van der Waals surface area contributed by atoms with E-state index in [2.05, 4.69) is 5.32 Å². The van der Waals surface area contributed by atoms with E-state index in [1.54, 1.807) is 4.90 Å². The number of hydrogen-bond acceptors (Lipinski definition) is 3. The summed E-state index contributed by atoms with van der Waals surface area (Å²) in [4.78, 5) is 13.8. The average Bonchev–Trinajstić information content (AvgIpc) is 3.28. The Bertz CT molecular complexity index is 488. The molecule has 1 aliphatic heterocycles. The third-order valence-electron chi connectivity index (χ3n) is 3.57. The Morgan fingerprint density at radius 1 is 1.35 bits per heavy atom. The minimum atomic E-state index is -0.116. The molecule has 1 aromatic rings. The first kappa shape index (κ1) is 13.1. The van der Waals surface area contributed by atoms with E-state index in [0.29, 0.717) is 25.7 Å². The van der Waals surface area contributed by atoms with Gasteiger partial charge in [0.2, 0.25) is 0 Å². The molecule has 0 radical (unpaired) electrons. The maximum Gasteiger partial charge on any atom is 0.317 e. The average molecular weight is 276 g/mol. The Kier molecular flexibility index (Phi) is 3.67. The fraction of sp³-hybridized carbons (Fsp3) is 0.533. The standard InChI is InChI=1S/C15H20N2O3/c1-2-17(15(18)16-11-7-8-11)9-12-10-19-13-5-3-4-6-14(13)20-12/h3-6,11-12H,2,7-10H2,1H3,(H,16,18). The van der Waals surface area contributed by atoms with Crippen LogP contribution >= 0.6 is 0 Å². The van der Waals surface area contributed by atoms with Gasteiger partial charge in [-0.05, 0) is 31.9 Å². The van der Waals surface area contributed by atoms with E-state index in [9.17, 15) is 4.79 Å². The molecule has 1 N–H and O–H groups in total. The molecule has 20 heavy (non-hydrogen) atoms. The molecular formula is C15H20N2O3. The molecular weight excluding hydrogens is 256 g/mol. The lowest BCUT2D eigenvalue weighted by Crippen LogP contribution is -2.47. The van der Waals surface area contributed by atoms with Crippen molar-refractivity contribution in [3.05, 3.63) is 24.3 Å². The van der Waals surface area contributed by atoms with E-state index in [1.807, 2.05) is 31.2 Å². The van der Waals surface area contributed by atoms with Gasteiger partial charge in [-0.3, -0.25) is 0 Å². The Balaban J connectivity index is 1.58. The number of urea groups is 1. The predicted molar refractivity (Wildman–Crippen MR) is 75.2 cm³/mol. The maximum atomic E-state index is 12.1. The van der Waals surface area contributed by atoms with Crippen molar-refractivity contribution in [3.63, 3.8) is 0 Å². The van der Waals surface area contributed by atoms with Crippen LogP contribution in [-0.4, -0.2) is 42.8 Å². The zero-order chi connectivity index (χ0) is 13.9. The van der Waals surface area contributed by atoms with Gasteiger partial charge in [-0.15, -0.1) is 0 Å². The third-order valence-corrected chi connectivity index (χ3v) is 3.57. The van der Waals surface area contributed by atoms with Crippen molar-refractivity contribution in [1.82, 2.24) is 10.2 Å². The summed E-state index contributed by atoms with van der Waals surface area (Å²) < 4.78 is 11.6. The summed E-state index contributed by atoms with van der Waals surface area (Å²) in [5.74, 6) is 1.52. The molecule has 0 bridgehead atoms. The maximum absolute atomic E-state index is 12.1. The Morgan fingerprint density at radius 2 is 2.10 bits per heavy atom. The molecule has 1 atom stereocenters. The van der Waals surface area contributed by atoms with Crippen molar-refractivity contribution in [2.24, 2.45) is 0 Å². The van der Waals surface area contributed by atoms with Crippen LogP contribution in [0.3, 0.4) is 0 Å². The van der Waals surface area contributed by atoms with Gasteiger partial charge in [0.1, 0.15) is 6.61 Å². The number of carbonyl (C=O) groups is 1. The second-order valence-electron chi connectivity index (χ2n) is 5.26. The van der Waals surface area contributed by atoms with E-state index in [0.717, 1.165) is 24.3 Å². The van der Waals surface area contributed by atoms with Gasteiger partial charge in [0.25, 0.3) is 0 Å². The van der Waals surface area contributed by atoms with E-state index in [-0.39, 0.29) is 12.1 Å². The largest absolute Gasteiger partial charge is 0.486 e. The highest BCUT2D eigenvalue weighted by Crippen LogP contribution is 2.31. The molecule has 1 heterocycles. The summed E-state index contributed by atoms with van der Waals surface area (Å²) in [5, 5.41) is 3.00. The summed E-state index contributed by atoms with van der Waals surface area (Å²) >= 11 is 0. The molecule has 0 saturated heterocycles. The van der Waals surface area contributed by atoms with Crippen molar-refractivity contribution in [2.75, 3.05) is 19.7 Å². The number of rotatable bonds is 4. The molecule has 0 spiro atoms. The van der Waals surface area contributed by atoms with Gasteiger partial charge in [0.05, 0.1) is 6.54 Å². The second-order valence-corrected chi connectivity index (χ2v) is 5.26. The van der Waals surface area contributed by atoms with E-state index in [4.69, 9.17) is 9.47 Å². The zero-order valence-corrected chi connectivity index (χ0v) is 11.7. The van der Waals surface area contributed by atoms with Crippen LogP contribution in [0, 0.1) is 0 Å². The SMILES string of the molecule is CCN(CC1COc2ccccc2O1)C(=O)NC1CC1. The van der Waals surface area contributed by atoms with Crippen LogP contribution in [0.1, 0.15) is 19.8 Å². The Labute approximate surface area is 118 Å². The number of amides is 2. The minimum Gasteiger partial charge on any atom is -0.486 e.